The standard InChI is InChI=1S/C14H12Cl2O3S/c1-9-3-6-14(13(16)7-9)19-20(17,18)11-4-5-12(15)10(2)8-11/h3-8H,1-2H3. The van der Waals surface area contributed by atoms with Gasteiger partial charge in [0.25, 0.3) is 0 Å². The number of rotatable bonds is 3. The predicted molar refractivity (Wildman–Crippen MR) is 80.2 cm³/mol. The van der Waals surface area contributed by atoms with Crippen molar-refractivity contribution in [1.82, 2.24) is 0 Å². The lowest BCUT2D eigenvalue weighted by atomic mass is 10.2. The lowest BCUT2D eigenvalue weighted by Crippen LogP contribution is -2.10. The Morgan fingerprint density at radius 3 is 2.25 bits per heavy atom. The maximum atomic E-state index is 12.2. The molecule has 0 saturated carbocycles. The van der Waals surface area contributed by atoms with Gasteiger partial charge in [0.05, 0.1) is 5.02 Å². The van der Waals surface area contributed by atoms with Crippen molar-refractivity contribution in [3.63, 3.8) is 0 Å². The van der Waals surface area contributed by atoms with Crippen molar-refractivity contribution in [3.05, 3.63) is 57.6 Å². The van der Waals surface area contributed by atoms with Gasteiger partial charge in [-0.25, -0.2) is 0 Å². The minimum absolute atomic E-state index is 0.0380. The molecule has 0 spiro atoms. The van der Waals surface area contributed by atoms with Gasteiger partial charge in [-0.2, -0.15) is 8.42 Å². The van der Waals surface area contributed by atoms with Gasteiger partial charge in [0.2, 0.25) is 0 Å². The van der Waals surface area contributed by atoms with Gasteiger partial charge in [-0.15, -0.1) is 0 Å². The highest BCUT2D eigenvalue weighted by Gasteiger charge is 2.19. The molecular weight excluding hydrogens is 319 g/mol. The quantitative estimate of drug-likeness (QED) is 0.784. The van der Waals surface area contributed by atoms with Crippen LogP contribution in [0, 0.1) is 13.8 Å². The van der Waals surface area contributed by atoms with Crippen molar-refractivity contribution in [1.29, 1.82) is 0 Å². The average Bonchev–Trinajstić information content (AvgIpc) is 2.36. The van der Waals surface area contributed by atoms with E-state index in [-0.39, 0.29) is 15.7 Å². The zero-order valence-corrected chi connectivity index (χ0v) is 13.2. The van der Waals surface area contributed by atoms with E-state index in [0.29, 0.717) is 10.6 Å². The first-order valence-corrected chi connectivity index (χ1v) is 7.93. The molecule has 0 fully saturated rings. The zero-order chi connectivity index (χ0) is 14.9. The Morgan fingerprint density at radius 1 is 0.950 bits per heavy atom. The van der Waals surface area contributed by atoms with Gasteiger partial charge in [-0.1, -0.05) is 29.3 Å². The van der Waals surface area contributed by atoms with Crippen molar-refractivity contribution in [2.24, 2.45) is 0 Å². The first-order valence-electron chi connectivity index (χ1n) is 5.76. The molecule has 0 atom stereocenters. The Labute approximate surface area is 128 Å². The highest BCUT2D eigenvalue weighted by atomic mass is 35.5. The summed E-state index contributed by atoms with van der Waals surface area (Å²) in [6.45, 7) is 3.58. The second kappa shape index (κ2) is 5.64. The summed E-state index contributed by atoms with van der Waals surface area (Å²) in [4.78, 5) is 0.0380. The molecule has 0 heterocycles. The second-order valence-electron chi connectivity index (χ2n) is 4.38. The van der Waals surface area contributed by atoms with Crippen LogP contribution in [0.3, 0.4) is 0 Å². The smallest absolute Gasteiger partial charge is 0.339 e. The third-order valence-electron chi connectivity index (χ3n) is 2.70. The number of hydrogen-bond acceptors (Lipinski definition) is 3. The molecule has 2 rings (SSSR count). The van der Waals surface area contributed by atoms with Crippen molar-refractivity contribution in [2.75, 3.05) is 0 Å². The lowest BCUT2D eigenvalue weighted by molar-refractivity contribution is 0.486. The maximum absolute atomic E-state index is 12.2. The lowest BCUT2D eigenvalue weighted by Gasteiger charge is -2.10. The molecule has 106 valence electrons. The van der Waals surface area contributed by atoms with E-state index in [1.807, 2.05) is 6.92 Å². The highest BCUT2D eigenvalue weighted by Crippen LogP contribution is 2.29. The molecule has 0 N–H and O–H groups in total. The van der Waals surface area contributed by atoms with Crippen LogP contribution in [0.15, 0.2) is 41.3 Å². The number of benzene rings is 2. The maximum Gasteiger partial charge on any atom is 0.339 e. The minimum atomic E-state index is -3.93. The van der Waals surface area contributed by atoms with Crippen molar-refractivity contribution in [2.45, 2.75) is 18.7 Å². The summed E-state index contributed by atoms with van der Waals surface area (Å²) in [5.74, 6) is 0.102. The van der Waals surface area contributed by atoms with Gasteiger partial charge in [-0.05, 0) is 55.3 Å². The summed E-state index contributed by atoms with van der Waals surface area (Å²) < 4.78 is 29.4. The summed E-state index contributed by atoms with van der Waals surface area (Å²) >= 11 is 11.8. The fourth-order valence-corrected chi connectivity index (χ4v) is 3.08. The van der Waals surface area contributed by atoms with E-state index in [9.17, 15) is 8.42 Å². The van der Waals surface area contributed by atoms with Crippen LogP contribution in [0.4, 0.5) is 0 Å². The third kappa shape index (κ3) is 3.26. The van der Waals surface area contributed by atoms with Gasteiger partial charge in [-0.3, -0.25) is 0 Å². The van der Waals surface area contributed by atoms with E-state index in [1.165, 1.54) is 24.3 Å². The van der Waals surface area contributed by atoms with E-state index in [1.54, 1.807) is 19.1 Å². The van der Waals surface area contributed by atoms with Gasteiger partial charge in [0.1, 0.15) is 4.90 Å². The summed E-state index contributed by atoms with van der Waals surface area (Å²) in [5.41, 5.74) is 1.58. The first kappa shape index (κ1) is 15.2. The van der Waals surface area contributed by atoms with Crippen LogP contribution >= 0.6 is 23.2 Å². The molecule has 6 heteroatoms. The topological polar surface area (TPSA) is 43.4 Å². The fourth-order valence-electron chi connectivity index (χ4n) is 1.61. The van der Waals surface area contributed by atoms with E-state index >= 15 is 0 Å². The summed E-state index contributed by atoms with van der Waals surface area (Å²) in [5, 5.41) is 0.747. The van der Waals surface area contributed by atoms with Crippen molar-refractivity contribution >= 4 is 33.3 Å². The Hall–Kier alpha value is -1.23. The van der Waals surface area contributed by atoms with Crippen LogP contribution in [-0.4, -0.2) is 8.42 Å². The molecule has 0 bridgehead atoms. The van der Waals surface area contributed by atoms with Crippen LogP contribution in [0.5, 0.6) is 5.75 Å². The van der Waals surface area contributed by atoms with E-state index in [0.717, 1.165) is 5.56 Å². The average molecular weight is 331 g/mol. The minimum Gasteiger partial charge on any atom is -0.377 e. The first-order chi connectivity index (χ1) is 9.29. The molecule has 20 heavy (non-hydrogen) atoms. The largest absolute Gasteiger partial charge is 0.377 e. The van der Waals surface area contributed by atoms with E-state index in [4.69, 9.17) is 27.4 Å². The van der Waals surface area contributed by atoms with Crippen LogP contribution in [0.1, 0.15) is 11.1 Å². The summed E-state index contributed by atoms with van der Waals surface area (Å²) in [6.07, 6.45) is 0. The van der Waals surface area contributed by atoms with Gasteiger partial charge in [0, 0.05) is 5.02 Å². The normalized spacial score (nSPS) is 11.4. The van der Waals surface area contributed by atoms with E-state index in [2.05, 4.69) is 0 Å². The monoisotopic (exact) mass is 330 g/mol. The molecule has 0 aliphatic heterocycles. The SMILES string of the molecule is Cc1ccc(OS(=O)(=O)c2ccc(Cl)c(C)c2)c(Cl)c1. The van der Waals surface area contributed by atoms with E-state index < -0.39 is 10.1 Å². The van der Waals surface area contributed by atoms with Crippen molar-refractivity contribution in [3.8, 4) is 5.75 Å². The predicted octanol–water partition coefficient (Wildman–Crippen LogP) is 4.38. The molecule has 0 aliphatic carbocycles. The molecule has 0 saturated heterocycles. The third-order valence-corrected chi connectivity index (χ3v) is 4.65. The summed E-state index contributed by atoms with van der Waals surface area (Å²) in [7, 11) is -3.93. The second-order valence-corrected chi connectivity index (χ2v) is 6.74. The molecule has 0 aromatic heterocycles. The highest BCUT2D eigenvalue weighted by molar-refractivity contribution is 7.87. The van der Waals surface area contributed by atoms with Gasteiger partial charge in [0.15, 0.2) is 5.75 Å². The Morgan fingerprint density at radius 2 is 1.65 bits per heavy atom. The molecule has 3 nitrogen and oxygen atoms in total. The molecule has 0 aliphatic rings. The molecular formula is C14H12Cl2O3S. The molecule has 0 amide bonds. The van der Waals surface area contributed by atoms with Crippen LogP contribution in [0.2, 0.25) is 10.0 Å². The number of hydrogen-bond donors (Lipinski definition) is 0. The van der Waals surface area contributed by atoms with Crippen LogP contribution in [0.25, 0.3) is 0 Å². The Kier molecular flexibility index (Phi) is 4.28. The van der Waals surface area contributed by atoms with Crippen LogP contribution in [-0.2, 0) is 10.1 Å². The zero-order valence-electron chi connectivity index (χ0n) is 10.9. The Balaban J connectivity index is 2.38. The van der Waals surface area contributed by atoms with Gasteiger partial charge < -0.3 is 4.18 Å². The number of aryl methyl sites for hydroxylation is 2. The Bertz CT molecular complexity index is 755. The molecule has 2 aromatic rings. The molecule has 2 aromatic carbocycles. The summed E-state index contributed by atoms with van der Waals surface area (Å²) in [6, 6.07) is 9.26. The van der Waals surface area contributed by atoms with Crippen LogP contribution < -0.4 is 4.18 Å². The van der Waals surface area contributed by atoms with Crippen molar-refractivity contribution < 1.29 is 12.6 Å². The number of halogens is 2. The molecule has 0 unspecified atom stereocenters. The fraction of sp³-hybridized carbons (Fsp3) is 0.143. The molecule has 0 radical (unpaired) electrons. The van der Waals surface area contributed by atoms with Gasteiger partial charge >= 0.3 is 10.1 Å².